The molecule has 1 unspecified atom stereocenters. The smallest absolute Gasteiger partial charge is 0.147 e. The lowest BCUT2D eigenvalue weighted by molar-refractivity contribution is 0.471. The summed E-state index contributed by atoms with van der Waals surface area (Å²) in [6, 6.07) is 19.6. The number of phenolic OH excluding ortho intramolecular Hbond substituents is 1. The van der Waals surface area contributed by atoms with Gasteiger partial charge in [0, 0.05) is 28.5 Å². The summed E-state index contributed by atoms with van der Waals surface area (Å²) in [5.41, 5.74) is 6.49. The second-order valence-corrected chi connectivity index (χ2v) is 7.11. The first-order valence-corrected chi connectivity index (χ1v) is 9.37. The number of aryl methyl sites for hydroxylation is 2. The van der Waals surface area contributed by atoms with Crippen LogP contribution in [-0.2, 0) is 0 Å². The van der Waals surface area contributed by atoms with Crippen molar-refractivity contribution in [2.75, 3.05) is 5.32 Å². The molecular weight excluding hydrogens is 346 g/mol. The van der Waals surface area contributed by atoms with Gasteiger partial charge in [0.2, 0.25) is 0 Å². The normalized spacial score (nSPS) is 12.1. The predicted octanol–water partition coefficient (Wildman–Crippen LogP) is 5.46. The number of nitrogens with zero attached hydrogens (tertiary/aromatic N) is 2. The van der Waals surface area contributed by atoms with Gasteiger partial charge in [-0.1, -0.05) is 36.4 Å². The van der Waals surface area contributed by atoms with E-state index in [9.17, 15) is 5.11 Å². The van der Waals surface area contributed by atoms with Crippen LogP contribution in [0.25, 0.3) is 10.9 Å². The first-order valence-electron chi connectivity index (χ1n) is 9.37. The number of nitrogens with one attached hydrogen (secondary N) is 1. The molecule has 1 atom stereocenters. The molecule has 140 valence electrons. The fraction of sp³-hybridized carbons (Fsp3) is 0.167. The highest BCUT2D eigenvalue weighted by atomic mass is 16.3. The van der Waals surface area contributed by atoms with Crippen LogP contribution in [0.2, 0.25) is 0 Å². The van der Waals surface area contributed by atoms with Crippen LogP contribution >= 0.6 is 0 Å². The van der Waals surface area contributed by atoms with Gasteiger partial charge in [-0.2, -0.15) is 0 Å². The molecule has 0 aliphatic carbocycles. The van der Waals surface area contributed by atoms with Gasteiger partial charge in [-0.3, -0.25) is 4.98 Å². The quantitative estimate of drug-likeness (QED) is 0.501. The van der Waals surface area contributed by atoms with Gasteiger partial charge in [0.15, 0.2) is 0 Å². The first-order chi connectivity index (χ1) is 13.5. The van der Waals surface area contributed by atoms with Crippen LogP contribution in [0, 0.1) is 20.8 Å². The summed E-state index contributed by atoms with van der Waals surface area (Å²) in [4.78, 5) is 9.10. The fourth-order valence-electron chi connectivity index (χ4n) is 3.44. The predicted molar refractivity (Wildman–Crippen MR) is 114 cm³/mol. The Balaban J connectivity index is 1.88. The van der Waals surface area contributed by atoms with E-state index in [1.165, 1.54) is 11.1 Å². The van der Waals surface area contributed by atoms with E-state index in [1.54, 1.807) is 6.20 Å². The van der Waals surface area contributed by atoms with E-state index in [0.717, 1.165) is 28.0 Å². The van der Waals surface area contributed by atoms with Gasteiger partial charge >= 0.3 is 0 Å². The topological polar surface area (TPSA) is 58.0 Å². The van der Waals surface area contributed by atoms with Crippen LogP contribution in [0.4, 0.5) is 5.69 Å². The van der Waals surface area contributed by atoms with Gasteiger partial charge in [-0.15, -0.1) is 0 Å². The monoisotopic (exact) mass is 369 g/mol. The van der Waals surface area contributed by atoms with Crippen LogP contribution in [0.3, 0.4) is 0 Å². The number of phenols is 1. The van der Waals surface area contributed by atoms with Gasteiger partial charge in [0.05, 0.1) is 11.7 Å². The summed E-state index contributed by atoms with van der Waals surface area (Å²) in [5.74, 6) is 0.189. The molecule has 4 heteroatoms. The summed E-state index contributed by atoms with van der Waals surface area (Å²) in [6.07, 6.45) is 1.77. The van der Waals surface area contributed by atoms with E-state index >= 15 is 0 Å². The minimum Gasteiger partial charge on any atom is -0.505 e. The lowest BCUT2D eigenvalue weighted by Crippen LogP contribution is -2.15. The Bertz CT molecular complexity index is 1140. The number of anilines is 1. The standard InChI is InChI=1S/C24H23N3O/c1-15-7-6-9-20(17(15)3)27-23(21-8-4-5-14-25-21)19-13-12-18-11-10-16(2)26-22(18)24(19)28/h4-14,23,27-28H,1-3H3. The lowest BCUT2D eigenvalue weighted by Gasteiger charge is -2.23. The number of benzene rings is 2. The van der Waals surface area contributed by atoms with Crippen molar-refractivity contribution >= 4 is 16.6 Å². The molecule has 0 radical (unpaired) electrons. The Morgan fingerprint density at radius 3 is 2.50 bits per heavy atom. The summed E-state index contributed by atoms with van der Waals surface area (Å²) < 4.78 is 0. The Morgan fingerprint density at radius 1 is 0.893 bits per heavy atom. The van der Waals surface area contributed by atoms with Crippen LogP contribution in [0.15, 0.2) is 66.9 Å². The van der Waals surface area contributed by atoms with Crippen molar-refractivity contribution in [1.82, 2.24) is 9.97 Å². The molecule has 0 aliphatic heterocycles. The number of pyridine rings is 2. The molecule has 2 aromatic heterocycles. The van der Waals surface area contributed by atoms with Gasteiger partial charge < -0.3 is 10.4 Å². The number of fused-ring (bicyclic) bond motifs is 1. The highest BCUT2D eigenvalue weighted by molar-refractivity contribution is 5.86. The number of hydrogen-bond acceptors (Lipinski definition) is 4. The molecule has 2 heterocycles. The van der Waals surface area contributed by atoms with E-state index in [0.29, 0.717) is 5.52 Å². The third-order valence-electron chi connectivity index (χ3n) is 5.20. The molecule has 28 heavy (non-hydrogen) atoms. The van der Waals surface area contributed by atoms with E-state index < -0.39 is 0 Å². The van der Waals surface area contributed by atoms with Gasteiger partial charge in [-0.25, -0.2) is 4.98 Å². The highest BCUT2D eigenvalue weighted by Crippen LogP contribution is 2.36. The second kappa shape index (κ2) is 7.31. The van der Waals surface area contributed by atoms with Gasteiger partial charge in [0.25, 0.3) is 0 Å². The van der Waals surface area contributed by atoms with Crippen LogP contribution in [0.1, 0.15) is 34.1 Å². The van der Waals surface area contributed by atoms with Crippen LogP contribution in [0.5, 0.6) is 5.75 Å². The fourth-order valence-corrected chi connectivity index (χ4v) is 3.44. The Morgan fingerprint density at radius 2 is 1.71 bits per heavy atom. The Kier molecular flexibility index (Phi) is 4.70. The molecule has 2 aromatic carbocycles. The van der Waals surface area contributed by atoms with Crippen molar-refractivity contribution in [1.29, 1.82) is 0 Å². The zero-order valence-corrected chi connectivity index (χ0v) is 16.3. The second-order valence-electron chi connectivity index (χ2n) is 7.11. The summed E-state index contributed by atoms with van der Waals surface area (Å²) in [5, 5.41) is 15.6. The zero-order chi connectivity index (χ0) is 19.7. The minimum absolute atomic E-state index is 0.189. The first kappa shape index (κ1) is 18.0. The molecule has 0 spiro atoms. The molecular formula is C24H23N3O. The SMILES string of the molecule is Cc1ccc2ccc(C(Nc3cccc(C)c3C)c3ccccn3)c(O)c2n1. The molecule has 0 bridgehead atoms. The molecule has 2 N–H and O–H groups in total. The number of hydrogen-bond donors (Lipinski definition) is 2. The molecule has 0 saturated carbocycles. The minimum atomic E-state index is -0.298. The average Bonchev–Trinajstić information content (AvgIpc) is 2.71. The summed E-state index contributed by atoms with van der Waals surface area (Å²) >= 11 is 0. The van der Waals surface area contributed by atoms with Crippen molar-refractivity contribution in [2.45, 2.75) is 26.8 Å². The zero-order valence-electron chi connectivity index (χ0n) is 16.3. The third-order valence-corrected chi connectivity index (χ3v) is 5.20. The molecule has 0 saturated heterocycles. The Labute approximate surface area is 164 Å². The summed E-state index contributed by atoms with van der Waals surface area (Å²) in [7, 11) is 0. The van der Waals surface area contributed by atoms with Crippen LogP contribution in [-0.4, -0.2) is 15.1 Å². The number of aromatic hydroxyl groups is 1. The van der Waals surface area contributed by atoms with Crippen molar-refractivity contribution < 1.29 is 5.11 Å². The maximum Gasteiger partial charge on any atom is 0.147 e. The maximum atomic E-state index is 11.1. The molecule has 0 fully saturated rings. The van der Waals surface area contributed by atoms with Crippen molar-refractivity contribution in [3.8, 4) is 5.75 Å². The molecule has 0 amide bonds. The van der Waals surface area contributed by atoms with E-state index in [4.69, 9.17) is 0 Å². The maximum absolute atomic E-state index is 11.1. The van der Waals surface area contributed by atoms with E-state index in [1.807, 2.05) is 55.5 Å². The van der Waals surface area contributed by atoms with E-state index in [-0.39, 0.29) is 11.8 Å². The number of rotatable bonds is 4. The van der Waals surface area contributed by atoms with Crippen LogP contribution < -0.4 is 5.32 Å². The average molecular weight is 369 g/mol. The van der Waals surface area contributed by atoms with Gasteiger partial charge in [0.1, 0.15) is 11.3 Å². The highest BCUT2D eigenvalue weighted by Gasteiger charge is 2.21. The van der Waals surface area contributed by atoms with Gasteiger partial charge in [-0.05, 0) is 56.2 Å². The largest absolute Gasteiger partial charge is 0.505 e. The van der Waals surface area contributed by atoms with Crippen molar-refractivity contribution in [3.05, 3.63) is 94.9 Å². The lowest BCUT2D eigenvalue weighted by atomic mass is 9.98. The third kappa shape index (κ3) is 3.29. The Hall–Kier alpha value is -3.40. The molecule has 4 nitrogen and oxygen atoms in total. The van der Waals surface area contributed by atoms with E-state index in [2.05, 4.69) is 41.3 Å². The summed E-state index contributed by atoms with van der Waals surface area (Å²) in [6.45, 7) is 6.12. The number of aromatic nitrogens is 2. The molecule has 4 rings (SSSR count). The van der Waals surface area contributed by atoms with Crippen molar-refractivity contribution in [3.63, 3.8) is 0 Å². The van der Waals surface area contributed by atoms with Crippen molar-refractivity contribution in [2.24, 2.45) is 0 Å². The molecule has 4 aromatic rings. The molecule has 0 aliphatic rings.